The fourth-order valence-electron chi connectivity index (χ4n) is 0.959. The SMILES string of the molecule is CCN(N)/C=C(\N)OCCO/C(=C/NCC(=O)O)NN.O=CO. The summed E-state index contributed by atoms with van der Waals surface area (Å²) in [7, 11) is 0. The fraction of sp³-hybridized carbons (Fsp3) is 0.455. The Morgan fingerprint density at radius 2 is 1.91 bits per heavy atom. The standard InChI is InChI=1S/C10H22N6O4.CH2O2/c1-2-16(13)7-8(11)19-3-4-20-9(15-12)5-14-6-10(17)18;2-1-3/h5,7,14-15H,2-4,6,11-13H2,1H3,(H,17,18);1H,(H,2,3)/b8-7+,9-5+;. The number of carboxylic acids is 1. The van der Waals surface area contributed by atoms with Crippen LogP contribution in [0.5, 0.6) is 0 Å². The topological polar surface area (TPSA) is 198 Å². The maximum atomic E-state index is 10.3. The van der Waals surface area contributed by atoms with Crippen LogP contribution < -0.4 is 28.2 Å². The predicted molar refractivity (Wildman–Crippen MR) is 80.5 cm³/mol. The van der Waals surface area contributed by atoms with Crippen LogP contribution in [0.2, 0.25) is 0 Å². The van der Waals surface area contributed by atoms with Crippen LogP contribution in [0.25, 0.3) is 0 Å². The minimum atomic E-state index is -0.999. The van der Waals surface area contributed by atoms with Crippen molar-refractivity contribution in [2.75, 3.05) is 26.3 Å². The lowest BCUT2D eigenvalue weighted by atomic mass is 10.6. The third-order valence-corrected chi connectivity index (χ3v) is 1.90. The molecule has 0 aliphatic heterocycles. The third kappa shape index (κ3) is 17.1. The van der Waals surface area contributed by atoms with Crippen molar-refractivity contribution in [1.82, 2.24) is 15.8 Å². The van der Waals surface area contributed by atoms with E-state index in [0.29, 0.717) is 6.54 Å². The summed E-state index contributed by atoms with van der Waals surface area (Å²) in [6.07, 6.45) is 2.75. The average Bonchev–Trinajstić information content (AvgIpc) is 2.49. The van der Waals surface area contributed by atoms with Crippen LogP contribution in [0.1, 0.15) is 6.92 Å². The highest BCUT2D eigenvalue weighted by atomic mass is 16.5. The largest absolute Gasteiger partial charge is 0.483 e. The molecule has 0 aliphatic carbocycles. The van der Waals surface area contributed by atoms with Gasteiger partial charge < -0.3 is 35.7 Å². The molecule has 0 aromatic rings. The number of nitrogens with two attached hydrogens (primary N) is 3. The van der Waals surface area contributed by atoms with Crippen LogP contribution in [0.4, 0.5) is 0 Å². The zero-order valence-corrected chi connectivity index (χ0v) is 12.8. The highest BCUT2D eigenvalue weighted by Crippen LogP contribution is 1.93. The molecule has 12 nitrogen and oxygen atoms in total. The van der Waals surface area contributed by atoms with Crippen molar-refractivity contribution >= 4 is 12.4 Å². The smallest absolute Gasteiger partial charge is 0.322 e. The van der Waals surface area contributed by atoms with E-state index in [0.717, 1.165) is 0 Å². The highest BCUT2D eigenvalue weighted by molar-refractivity contribution is 5.69. The van der Waals surface area contributed by atoms with Gasteiger partial charge in [0, 0.05) is 6.54 Å². The lowest BCUT2D eigenvalue weighted by Gasteiger charge is -2.13. The van der Waals surface area contributed by atoms with Crippen LogP contribution in [0.3, 0.4) is 0 Å². The Morgan fingerprint density at radius 1 is 1.35 bits per heavy atom. The summed E-state index contributed by atoms with van der Waals surface area (Å²) in [5, 5.41) is 19.2. The van der Waals surface area contributed by atoms with Gasteiger partial charge in [0.15, 0.2) is 0 Å². The maximum absolute atomic E-state index is 10.3. The zero-order valence-electron chi connectivity index (χ0n) is 12.8. The van der Waals surface area contributed by atoms with Crippen molar-refractivity contribution < 1.29 is 29.3 Å². The first-order valence-electron chi connectivity index (χ1n) is 6.35. The van der Waals surface area contributed by atoms with Crippen LogP contribution in [0.15, 0.2) is 24.2 Å². The van der Waals surface area contributed by atoms with E-state index in [1.54, 1.807) is 0 Å². The number of ether oxygens (including phenoxy) is 2. The van der Waals surface area contributed by atoms with Crippen molar-refractivity contribution in [3.05, 3.63) is 24.2 Å². The second kappa shape index (κ2) is 15.5. The van der Waals surface area contributed by atoms with Crippen molar-refractivity contribution in [3.63, 3.8) is 0 Å². The molecule has 0 saturated carbocycles. The van der Waals surface area contributed by atoms with E-state index >= 15 is 0 Å². The molecule has 134 valence electrons. The van der Waals surface area contributed by atoms with Gasteiger partial charge in [0.1, 0.15) is 19.8 Å². The molecule has 10 N–H and O–H groups in total. The minimum absolute atomic E-state index is 0.160. The molecule has 0 atom stereocenters. The fourth-order valence-corrected chi connectivity index (χ4v) is 0.959. The predicted octanol–water partition coefficient (Wildman–Crippen LogP) is -2.39. The maximum Gasteiger partial charge on any atom is 0.322 e. The van der Waals surface area contributed by atoms with E-state index in [-0.39, 0.29) is 38.0 Å². The van der Waals surface area contributed by atoms with E-state index in [4.69, 9.17) is 41.9 Å². The zero-order chi connectivity index (χ0) is 18.1. The summed E-state index contributed by atoms with van der Waals surface area (Å²) in [5.41, 5.74) is 7.80. The van der Waals surface area contributed by atoms with Crippen molar-refractivity contribution in [1.29, 1.82) is 0 Å². The van der Waals surface area contributed by atoms with Crippen molar-refractivity contribution in [2.24, 2.45) is 17.4 Å². The molecular formula is C11H24N6O6. The Hall–Kier alpha value is -2.86. The summed E-state index contributed by atoms with van der Waals surface area (Å²) in [5.74, 6) is 10.0. The second-order valence-corrected chi connectivity index (χ2v) is 3.59. The lowest BCUT2D eigenvalue weighted by molar-refractivity contribution is -0.135. The molecular weight excluding hydrogens is 312 g/mol. The number of carboxylic acid groups (broad SMARTS) is 2. The van der Waals surface area contributed by atoms with Gasteiger partial charge in [-0.05, 0) is 6.92 Å². The number of hydrazine groups is 2. The Labute approximate surface area is 133 Å². The van der Waals surface area contributed by atoms with Gasteiger partial charge in [0.05, 0.1) is 12.4 Å². The Bertz CT molecular complexity index is 389. The summed E-state index contributed by atoms with van der Waals surface area (Å²) >= 11 is 0. The highest BCUT2D eigenvalue weighted by Gasteiger charge is 1.99. The Balaban J connectivity index is 0. The summed E-state index contributed by atoms with van der Waals surface area (Å²) < 4.78 is 10.3. The van der Waals surface area contributed by atoms with Gasteiger partial charge in [0.25, 0.3) is 6.47 Å². The van der Waals surface area contributed by atoms with Gasteiger partial charge in [-0.15, -0.1) is 0 Å². The van der Waals surface area contributed by atoms with Gasteiger partial charge in [-0.1, -0.05) is 0 Å². The number of nitrogens with one attached hydrogen (secondary N) is 2. The molecule has 0 heterocycles. The Morgan fingerprint density at radius 3 is 2.39 bits per heavy atom. The van der Waals surface area contributed by atoms with Crippen LogP contribution in [-0.4, -0.2) is 54.0 Å². The lowest BCUT2D eigenvalue weighted by Crippen LogP contribution is -2.28. The average molecular weight is 336 g/mol. The van der Waals surface area contributed by atoms with Crippen LogP contribution >= 0.6 is 0 Å². The molecule has 0 amide bonds. The van der Waals surface area contributed by atoms with Crippen molar-refractivity contribution in [2.45, 2.75) is 6.92 Å². The summed E-state index contributed by atoms with van der Waals surface area (Å²) in [6, 6.07) is 0. The quantitative estimate of drug-likeness (QED) is 0.0695. The Kier molecular flexibility index (Phi) is 15.1. The van der Waals surface area contributed by atoms with E-state index in [1.807, 2.05) is 6.92 Å². The van der Waals surface area contributed by atoms with E-state index < -0.39 is 5.97 Å². The van der Waals surface area contributed by atoms with E-state index in [2.05, 4.69) is 10.7 Å². The number of aliphatic carboxylic acids is 1. The van der Waals surface area contributed by atoms with E-state index in [1.165, 1.54) is 17.4 Å². The first kappa shape index (κ1) is 22.4. The first-order chi connectivity index (χ1) is 10.9. The molecule has 23 heavy (non-hydrogen) atoms. The minimum Gasteiger partial charge on any atom is -0.483 e. The summed E-state index contributed by atoms with van der Waals surface area (Å²) in [4.78, 5) is 18.6. The van der Waals surface area contributed by atoms with E-state index in [9.17, 15) is 4.79 Å². The molecule has 0 aliphatic rings. The molecule has 0 unspecified atom stereocenters. The first-order valence-corrected chi connectivity index (χ1v) is 6.35. The monoisotopic (exact) mass is 336 g/mol. The number of nitrogens with zero attached hydrogens (tertiary/aromatic N) is 1. The molecule has 0 fully saturated rings. The van der Waals surface area contributed by atoms with Crippen LogP contribution in [-0.2, 0) is 19.1 Å². The van der Waals surface area contributed by atoms with Crippen molar-refractivity contribution in [3.8, 4) is 0 Å². The van der Waals surface area contributed by atoms with Gasteiger partial charge in [-0.25, -0.2) is 11.7 Å². The number of rotatable bonds is 11. The second-order valence-electron chi connectivity index (χ2n) is 3.59. The molecule has 0 radical (unpaired) electrons. The van der Waals surface area contributed by atoms with Crippen LogP contribution in [0, 0.1) is 0 Å². The van der Waals surface area contributed by atoms with Gasteiger partial charge in [0.2, 0.25) is 11.8 Å². The molecule has 0 aromatic heterocycles. The molecule has 0 aromatic carbocycles. The number of hydrogen-bond acceptors (Lipinski definition) is 10. The molecule has 12 heteroatoms. The normalized spacial score (nSPS) is 10.7. The summed E-state index contributed by atoms with van der Waals surface area (Å²) in [6.45, 7) is 2.30. The third-order valence-electron chi connectivity index (χ3n) is 1.90. The van der Waals surface area contributed by atoms with Gasteiger partial charge >= 0.3 is 5.97 Å². The van der Waals surface area contributed by atoms with Gasteiger partial charge in [-0.3, -0.25) is 15.0 Å². The number of carbonyl (C=O) groups is 2. The molecule has 0 rings (SSSR count). The molecule has 0 spiro atoms. The molecule has 0 bridgehead atoms. The van der Waals surface area contributed by atoms with Gasteiger partial charge in [-0.2, -0.15) is 0 Å². The molecule has 0 saturated heterocycles. The number of hydrogen-bond donors (Lipinski definition) is 7.